The maximum absolute atomic E-state index is 11.9. The van der Waals surface area contributed by atoms with E-state index in [9.17, 15) is 8.42 Å². The molecule has 3 nitrogen and oxygen atoms in total. The lowest BCUT2D eigenvalue weighted by molar-refractivity contribution is 0.360. The predicted octanol–water partition coefficient (Wildman–Crippen LogP) is 2.46. The topological polar surface area (TPSA) is 43.4 Å². The van der Waals surface area contributed by atoms with Gasteiger partial charge >= 0.3 is 0 Å². The minimum Gasteiger partial charge on any atom is -0.241 e. The number of rotatable bonds is 3. The van der Waals surface area contributed by atoms with E-state index in [-0.39, 0.29) is 9.66 Å². The monoisotopic (exact) mass is 276 g/mol. The Hall–Kier alpha value is -0.170. The number of aryl methyl sites for hydroxylation is 1. The van der Waals surface area contributed by atoms with E-state index in [0.29, 0.717) is 0 Å². The SMILES string of the molecule is Cc1ccc(S(=O)(=O)OC2SCCS2)cc1. The fourth-order valence-electron chi connectivity index (χ4n) is 1.26. The van der Waals surface area contributed by atoms with Gasteiger partial charge in [-0.3, -0.25) is 0 Å². The van der Waals surface area contributed by atoms with Crippen molar-refractivity contribution in [2.75, 3.05) is 11.5 Å². The first-order chi connectivity index (χ1) is 7.58. The van der Waals surface area contributed by atoms with Crippen molar-refractivity contribution in [3.05, 3.63) is 29.8 Å². The summed E-state index contributed by atoms with van der Waals surface area (Å²) in [7, 11) is -3.60. The Kier molecular flexibility index (Phi) is 3.84. The molecule has 0 unspecified atom stereocenters. The van der Waals surface area contributed by atoms with Gasteiger partial charge < -0.3 is 0 Å². The van der Waals surface area contributed by atoms with Crippen LogP contribution in [0.1, 0.15) is 5.56 Å². The summed E-state index contributed by atoms with van der Waals surface area (Å²) in [6, 6.07) is 6.69. The van der Waals surface area contributed by atoms with Crippen molar-refractivity contribution in [2.45, 2.75) is 16.6 Å². The van der Waals surface area contributed by atoms with Crippen molar-refractivity contribution < 1.29 is 12.6 Å². The summed E-state index contributed by atoms with van der Waals surface area (Å²) in [6.07, 6.45) is 0. The Morgan fingerprint density at radius 3 is 2.31 bits per heavy atom. The summed E-state index contributed by atoms with van der Waals surface area (Å²) in [5.74, 6) is 1.89. The van der Waals surface area contributed by atoms with E-state index in [4.69, 9.17) is 4.18 Å². The molecule has 1 heterocycles. The summed E-state index contributed by atoms with van der Waals surface area (Å²) < 4.78 is 28.5. The van der Waals surface area contributed by atoms with Crippen molar-refractivity contribution in [3.63, 3.8) is 0 Å². The third-order valence-electron chi connectivity index (χ3n) is 2.11. The average molecular weight is 276 g/mol. The van der Waals surface area contributed by atoms with Gasteiger partial charge in [0, 0.05) is 11.5 Å². The minimum atomic E-state index is -3.60. The minimum absolute atomic E-state index is 0.228. The molecule has 0 amide bonds. The van der Waals surface area contributed by atoms with Crippen LogP contribution in [0.5, 0.6) is 0 Å². The van der Waals surface area contributed by atoms with Crippen molar-refractivity contribution in [1.29, 1.82) is 0 Å². The van der Waals surface area contributed by atoms with E-state index in [1.165, 1.54) is 23.5 Å². The molecule has 1 saturated heterocycles. The molecule has 0 spiro atoms. The maximum Gasteiger partial charge on any atom is 0.298 e. The largest absolute Gasteiger partial charge is 0.298 e. The van der Waals surface area contributed by atoms with Crippen LogP contribution in [0.4, 0.5) is 0 Å². The Labute approximate surface area is 104 Å². The summed E-state index contributed by atoms with van der Waals surface area (Å²) in [5.41, 5.74) is 1.03. The highest BCUT2D eigenvalue weighted by atomic mass is 32.2. The van der Waals surface area contributed by atoms with Crippen LogP contribution in [0.3, 0.4) is 0 Å². The molecule has 0 radical (unpaired) electrons. The fourth-order valence-corrected chi connectivity index (χ4v) is 5.23. The molecule has 0 saturated carbocycles. The smallest absolute Gasteiger partial charge is 0.241 e. The molecule has 0 aromatic heterocycles. The molecular formula is C10H12O3S3. The molecule has 1 fully saturated rings. The van der Waals surface area contributed by atoms with E-state index in [2.05, 4.69) is 0 Å². The predicted molar refractivity (Wildman–Crippen MR) is 68.2 cm³/mol. The average Bonchev–Trinajstić information content (AvgIpc) is 2.70. The van der Waals surface area contributed by atoms with Gasteiger partial charge in [-0.05, 0) is 19.1 Å². The highest BCUT2D eigenvalue weighted by Gasteiger charge is 2.25. The second-order valence-corrected chi connectivity index (χ2v) is 7.60. The fraction of sp³-hybridized carbons (Fsp3) is 0.400. The summed E-state index contributed by atoms with van der Waals surface area (Å²) in [5, 5.41) is 0. The van der Waals surface area contributed by atoms with Gasteiger partial charge in [0.25, 0.3) is 10.1 Å². The Morgan fingerprint density at radius 1 is 1.19 bits per heavy atom. The molecule has 6 heteroatoms. The Morgan fingerprint density at radius 2 is 1.75 bits per heavy atom. The van der Waals surface area contributed by atoms with E-state index in [0.717, 1.165) is 17.1 Å². The van der Waals surface area contributed by atoms with Gasteiger partial charge in [0.1, 0.15) is 0 Å². The molecule has 0 atom stereocenters. The number of benzene rings is 1. The van der Waals surface area contributed by atoms with Gasteiger partial charge in [-0.2, -0.15) is 8.42 Å². The highest BCUT2D eigenvalue weighted by molar-refractivity contribution is 8.20. The number of thioether (sulfide) groups is 2. The van der Waals surface area contributed by atoms with Crippen LogP contribution in [0.2, 0.25) is 0 Å². The van der Waals surface area contributed by atoms with Crippen molar-refractivity contribution in [2.24, 2.45) is 0 Å². The molecule has 1 aromatic rings. The third kappa shape index (κ3) is 2.94. The summed E-state index contributed by atoms with van der Waals surface area (Å²) in [4.78, 5) is 0.228. The zero-order valence-electron chi connectivity index (χ0n) is 8.75. The normalized spacial score (nSPS) is 17.8. The zero-order valence-corrected chi connectivity index (χ0v) is 11.2. The van der Waals surface area contributed by atoms with Gasteiger partial charge in [0.05, 0.1) is 4.90 Å². The first kappa shape index (κ1) is 12.3. The van der Waals surface area contributed by atoms with Crippen LogP contribution in [-0.2, 0) is 14.3 Å². The van der Waals surface area contributed by atoms with Crippen LogP contribution in [0.25, 0.3) is 0 Å². The lowest BCUT2D eigenvalue weighted by Crippen LogP contribution is -2.11. The van der Waals surface area contributed by atoms with E-state index < -0.39 is 10.1 Å². The summed E-state index contributed by atoms with van der Waals surface area (Å²) >= 11 is 3.06. The number of hydrogen-bond donors (Lipinski definition) is 0. The van der Waals surface area contributed by atoms with E-state index in [1.54, 1.807) is 24.3 Å². The Balaban J connectivity index is 2.14. The first-order valence-corrected chi connectivity index (χ1v) is 8.32. The molecule has 1 aromatic carbocycles. The van der Waals surface area contributed by atoms with E-state index in [1.807, 2.05) is 6.92 Å². The van der Waals surface area contributed by atoms with Gasteiger partial charge in [0.2, 0.25) is 0 Å². The van der Waals surface area contributed by atoms with Crippen LogP contribution < -0.4 is 0 Å². The van der Waals surface area contributed by atoms with Crippen LogP contribution >= 0.6 is 23.5 Å². The summed E-state index contributed by atoms with van der Waals surface area (Å²) in [6.45, 7) is 1.92. The highest BCUT2D eigenvalue weighted by Crippen LogP contribution is 2.35. The van der Waals surface area contributed by atoms with Gasteiger partial charge in [-0.1, -0.05) is 17.7 Å². The lowest BCUT2D eigenvalue weighted by Gasteiger charge is -2.10. The van der Waals surface area contributed by atoms with Crippen molar-refractivity contribution in [1.82, 2.24) is 0 Å². The Bertz CT molecular complexity index is 447. The molecule has 88 valence electrons. The van der Waals surface area contributed by atoms with Crippen LogP contribution in [0.15, 0.2) is 29.2 Å². The lowest BCUT2D eigenvalue weighted by atomic mass is 10.2. The maximum atomic E-state index is 11.9. The second kappa shape index (κ2) is 5.00. The van der Waals surface area contributed by atoms with Gasteiger partial charge in [-0.25, -0.2) is 4.18 Å². The number of hydrogen-bond acceptors (Lipinski definition) is 5. The third-order valence-corrected chi connectivity index (χ3v) is 6.34. The van der Waals surface area contributed by atoms with Crippen molar-refractivity contribution in [3.8, 4) is 0 Å². The quantitative estimate of drug-likeness (QED) is 0.793. The molecule has 16 heavy (non-hydrogen) atoms. The molecule has 2 rings (SSSR count). The molecule has 0 N–H and O–H groups in total. The van der Waals surface area contributed by atoms with Crippen LogP contribution in [-0.4, -0.2) is 24.7 Å². The molecule has 1 aliphatic rings. The molecule has 0 bridgehead atoms. The molecular weight excluding hydrogens is 264 g/mol. The molecule has 0 aliphatic carbocycles. The molecule has 1 aliphatic heterocycles. The second-order valence-electron chi connectivity index (χ2n) is 3.39. The zero-order chi connectivity index (χ0) is 11.6. The first-order valence-electron chi connectivity index (χ1n) is 4.81. The van der Waals surface area contributed by atoms with Crippen LogP contribution in [0, 0.1) is 6.92 Å². The van der Waals surface area contributed by atoms with Gasteiger partial charge in [-0.15, -0.1) is 23.5 Å². The standard InChI is InChI=1S/C10H12O3S3/c1-8-2-4-9(5-3-8)16(11,12)13-10-14-6-7-15-10/h2-5,10H,6-7H2,1H3. The van der Waals surface area contributed by atoms with Crippen molar-refractivity contribution >= 4 is 33.6 Å². The van der Waals surface area contributed by atoms with Gasteiger partial charge in [0.15, 0.2) is 4.77 Å². The van der Waals surface area contributed by atoms with E-state index >= 15 is 0 Å².